The van der Waals surface area contributed by atoms with Gasteiger partial charge in [0.25, 0.3) is 5.91 Å². The maximum atomic E-state index is 12.1. The summed E-state index contributed by atoms with van der Waals surface area (Å²) in [5.74, 6) is 2.13. The third-order valence-electron chi connectivity index (χ3n) is 2.85. The molecule has 23 heavy (non-hydrogen) atoms. The zero-order chi connectivity index (χ0) is 16.9. The molecule has 2 aromatic carbocycles. The van der Waals surface area contributed by atoms with Gasteiger partial charge in [0.1, 0.15) is 6.10 Å². The van der Waals surface area contributed by atoms with Crippen LogP contribution in [0.2, 0.25) is 0 Å². The maximum absolute atomic E-state index is 12.1. The Morgan fingerprint density at radius 1 is 1.17 bits per heavy atom. The molecule has 0 aliphatic heterocycles. The molecular weight excluding hydrogens is 306 g/mol. The van der Waals surface area contributed by atoms with Crippen LogP contribution in [0.15, 0.2) is 65.6 Å². The summed E-state index contributed by atoms with van der Waals surface area (Å²) in [5, 5.41) is 0. The minimum Gasteiger partial charge on any atom is -0.371 e. The summed E-state index contributed by atoms with van der Waals surface area (Å²) >= 11 is 1.30. The predicted molar refractivity (Wildman–Crippen MR) is 95.9 cm³/mol. The number of benzene rings is 2. The first-order valence-corrected chi connectivity index (χ1v) is 7.98. The van der Waals surface area contributed by atoms with Gasteiger partial charge in [-0.3, -0.25) is 9.52 Å². The molecule has 0 heterocycles. The van der Waals surface area contributed by atoms with Gasteiger partial charge in [0.2, 0.25) is 0 Å². The average molecular weight is 327 g/mol. The fraction of sp³-hybridized carbons (Fsp3) is 0.211. The molecule has 4 heteroatoms. The Labute approximate surface area is 142 Å². The summed E-state index contributed by atoms with van der Waals surface area (Å²) in [6.07, 6.45) is 4.69. The molecule has 0 fully saturated rings. The molecule has 0 aromatic heterocycles. The predicted octanol–water partition coefficient (Wildman–Crippen LogP) is 3.71. The smallest absolute Gasteiger partial charge is 0.259 e. The number of hydrogen-bond acceptors (Lipinski definition) is 3. The molecule has 3 nitrogen and oxygen atoms in total. The van der Waals surface area contributed by atoms with Crippen molar-refractivity contribution in [2.75, 3.05) is 7.11 Å². The third-order valence-corrected chi connectivity index (χ3v) is 3.66. The lowest BCUT2D eigenvalue weighted by Crippen LogP contribution is -2.33. The van der Waals surface area contributed by atoms with Crippen molar-refractivity contribution in [3.63, 3.8) is 0 Å². The molecule has 1 atom stereocenters. The molecule has 0 bridgehead atoms. The normalized spacial score (nSPS) is 10.7. The van der Waals surface area contributed by atoms with Crippen molar-refractivity contribution in [2.24, 2.45) is 0 Å². The molecule has 120 valence electrons. The Kier molecular flexibility index (Phi) is 9.30. The second-order valence-electron chi connectivity index (χ2n) is 4.58. The van der Waals surface area contributed by atoms with E-state index in [4.69, 9.17) is 4.74 Å². The van der Waals surface area contributed by atoms with Crippen LogP contribution in [0.1, 0.15) is 12.5 Å². The molecule has 0 aliphatic rings. The van der Waals surface area contributed by atoms with Crippen LogP contribution >= 0.6 is 11.9 Å². The molecular formula is C19H21NO2S. The number of carbonyl (C=O) groups excluding carboxylic acids is 1. The van der Waals surface area contributed by atoms with Crippen LogP contribution in [0.25, 0.3) is 0 Å². The SMILES string of the molecule is C#CC.COC(Cc1ccccc1)C(=O)NSc1ccccc1. The number of nitrogens with one attached hydrogen (secondary N) is 1. The summed E-state index contributed by atoms with van der Waals surface area (Å²) in [6, 6.07) is 19.6. The zero-order valence-electron chi connectivity index (χ0n) is 13.4. The van der Waals surface area contributed by atoms with Gasteiger partial charge in [0.05, 0.1) is 0 Å². The van der Waals surface area contributed by atoms with E-state index < -0.39 is 6.10 Å². The molecule has 0 saturated heterocycles. The van der Waals surface area contributed by atoms with Crippen LogP contribution in [0.5, 0.6) is 0 Å². The minimum atomic E-state index is -0.478. The van der Waals surface area contributed by atoms with Gasteiger partial charge in [-0.25, -0.2) is 0 Å². The molecule has 0 radical (unpaired) electrons. The number of rotatable bonds is 6. The van der Waals surface area contributed by atoms with Gasteiger partial charge in [-0.05, 0) is 36.6 Å². The van der Waals surface area contributed by atoms with Crippen molar-refractivity contribution >= 4 is 17.9 Å². The highest BCUT2D eigenvalue weighted by Gasteiger charge is 2.18. The van der Waals surface area contributed by atoms with Crippen molar-refractivity contribution < 1.29 is 9.53 Å². The van der Waals surface area contributed by atoms with Gasteiger partial charge in [0, 0.05) is 18.4 Å². The molecule has 0 saturated carbocycles. The number of ether oxygens (including phenoxy) is 1. The quantitative estimate of drug-likeness (QED) is 0.649. The number of hydrogen-bond donors (Lipinski definition) is 1. The first kappa shape index (κ1) is 18.8. The first-order valence-electron chi connectivity index (χ1n) is 7.17. The highest BCUT2D eigenvalue weighted by Crippen LogP contribution is 2.14. The lowest BCUT2D eigenvalue weighted by molar-refractivity contribution is -0.128. The third kappa shape index (κ3) is 7.55. The van der Waals surface area contributed by atoms with E-state index in [-0.39, 0.29) is 5.91 Å². The van der Waals surface area contributed by atoms with Gasteiger partial charge in [-0.2, -0.15) is 0 Å². The van der Waals surface area contributed by atoms with Crippen LogP contribution < -0.4 is 4.72 Å². The monoisotopic (exact) mass is 327 g/mol. The van der Waals surface area contributed by atoms with Crippen molar-refractivity contribution in [3.8, 4) is 12.3 Å². The van der Waals surface area contributed by atoms with Gasteiger partial charge < -0.3 is 4.74 Å². The van der Waals surface area contributed by atoms with E-state index in [1.165, 1.54) is 11.9 Å². The van der Waals surface area contributed by atoms with Crippen molar-refractivity contribution in [1.82, 2.24) is 4.72 Å². The van der Waals surface area contributed by atoms with E-state index in [1.54, 1.807) is 14.0 Å². The van der Waals surface area contributed by atoms with Crippen molar-refractivity contribution in [2.45, 2.75) is 24.3 Å². The fourth-order valence-electron chi connectivity index (χ4n) is 1.77. The summed E-state index contributed by atoms with van der Waals surface area (Å²) in [7, 11) is 1.56. The van der Waals surface area contributed by atoms with Crippen molar-refractivity contribution in [1.29, 1.82) is 0 Å². The first-order chi connectivity index (χ1) is 11.2. The van der Waals surface area contributed by atoms with E-state index in [9.17, 15) is 4.79 Å². The minimum absolute atomic E-state index is 0.120. The summed E-state index contributed by atoms with van der Waals surface area (Å²) in [5.41, 5.74) is 1.08. The lowest BCUT2D eigenvalue weighted by Gasteiger charge is -2.14. The van der Waals surface area contributed by atoms with Crippen LogP contribution in [0.4, 0.5) is 0 Å². The highest BCUT2D eigenvalue weighted by molar-refractivity contribution is 7.98. The van der Waals surface area contributed by atoms with E-state index in [0.717, 1.165) is 10.5 Å². The lowest BCUT2D eigenvalue weighted by atomic mass is 10.1. The van der Waals surface area contributed by atoms with Gasteiger partial charge in [0.15, 0.2) is 0 Å². The van der Waals surface area contributed by atoms with Crippen molar-refractivity contribution in [3.05, 3.63) is 66.2 Å². The van der Waals surface area contributed by atoms with Crippen LogP contribution in [-0.2, 0) is 16.0 Å². The maximum Gasteiger partial charge on any atom is 0.259 e. The number of terminal acetylenes is 1. The van der Waals surface area contributed by atoms with E-state index in [1.807, 2.05) is 60.7 Å². The average Bonchev–Trinajstić information content (AvgIpc) is 2.60. The molecule has 0 spiro atoms. The largest absolute Gasteiger partial charge is 0.371 e. The second kappa shape index (κ2) is 11.4. The van der Waals surface area contributed by atoms with Crippen LogP contribution in [0, 0.1) is 12.3 Å². The molecule has 2 aromatic rings. The Morgan fingerprint density at radius 2 is 1.70 bits per heavy atom. The summed E-state index contributed by atoms with van der Waals surface area (Å²) in [4.78, 5) is 13.1. The Morgan fingerprint density at radius 3 is 2.22 bits per heavy atom. The molecule has 2 rings (SSSR count). The van der Waals surface area contributed by atoms with E-state index in [0.29, 0.717) is 6.42 Å². The second-order valence-corrected chi connectivity index (χ2v) is 5.46. The molecule has 1 unspecified atom stereocenters. The molecule has 1 amide bonds. The Bertz CT molecular complexity index is 608. The molecule has 0 aliphatic carbocycles. The number of methoxy groups -OCH3 is 1. The van der Waals surface area contributed by atoms with Crippen LogP contribution in [-0.4, -0.2) is 19.1 Å². The standard InChI is InChI=1S/C16H17NO2S.C3H4/c1-19-15(12-13-8-4-2-5-9-13)16(18)17-20-14-10-6-3-7-11-14;1-3-2/h2-11,15H,12H2,1H3,(H,17,18);1H,2H3. The molecule has 1 N–H and O–H groups in total. The van der Waals surface area contributed by atoms with Gasteiger partial charge >= 0.3 is 0 Å². The topological polar surface area (TPSA) is 38.3 Å². The van der Waals surface area contributed by atoms with Gasteiger partial charge in [-0.1, -0.05) is 48.5 Å². The Hall–Kier alpha value is -2.22. The van der Waals surface area contributed by atoms with E-state index >= 15 is 0 Å². The number of amides is 1. The Balaban J connectivity index is 0.000000816. The summed E-state index contributed by atoms with van der Waals surface area (Å²) in [6.45, 7) is 1.65. The number of carbonyl (C=O) groups is 1. The highest BCUT2D eigenvalue weighted by atomic mass is 32.2. The van der Waals surface area contributed by atoms with Gasteiger partial charge in [-0.15, -0.1) is 12.3 Å². The van der Waals surface area contributed by atoms with Crippen LogP contribution in [0.3, 0.4) is 0 Å². The zero-order valence-corrected chi connectivity index (χ0v) is 14.2. The fourth-order valence-corrected chi connectivity index (χ4v) is 2.42. The van der Waals surface area contributed by atoms with E-state index in [2.05, 4.69) is 17.1 Å². The summed E-state index contributed by atoms with van der Waals surface area (Å²) < 4.78 is 8.10.